The molecule has 6 heteroatoms. The molecule has 2 heterocycles. The van der Waals surface area contributed by atoms with Crippen molar-refractivity contribution in [2.45, 2.75) is 44.2 Å². The van der Waals surface area contributed by atoms with Crippen LogP contribution in [0.25, 0.3) is 10.8 Å². The van der Waals surface area contributed by atoms with Crippen molar-refractivity contribution in [3.05, 3.63) is 64.4 Å². The minimum absolute atomic E-state index is 0.0171. The molecule has 2 aromatic carbocycles. The van der Waals surface area contributed by atoms with Crippen LogP contribution in [0, 0.1) is 0 Å². The van der Waals surface area contributed by atoms with E-state index in [0.29, 0.717) is 32.2 Å². The molecular weight excluding hydrogens is 396 g/mol. The molecule has 2 amide bonds. The molecule has 2 N–H and O–H groups in total. The van der Waals surface area contributed by atoms with Gasteiger partial charge >= 0.3 is 0 Å². The standard InChI is InChI=1S/C24H26N2O3S/c1-29-21-9-8-17(19-6-2-3-7-20(19)21)15-24(13-11-23(28)26-24)12-10-22(27)25-16-18-5-4-14-30-18/h2-9,14H,10-13,15-16H2,1H3,(H,25,27)(H,26,28)/t24-/m1/s1. The number of fused-ring (bicyclic) bond motifs is 1. The van der Waals surface area contributed by atoms with Crippen molar-refractivity contribution in [3.63, 3.8) is 0 Å². The van der Waals surface area contributed by atoms with Gasteiger partial charge in [0, 0.05) is 28.6 Å². The van der Waals surface area contributed by atoms with Crippen molar-refractivity contribution in [1.29, 1.82) is 0 Å². The van der Waals surface area contributed by atoms with Crippen LogP contribution in [-0.2, 0) is 22.6 Å². The molecule has 1 saturated heterocycles. The Bertz CT molecular complexity index is 1050. The van der Waals surface area contributed by atoms with Crippen molar-refractivity contribution in [2.24, 2.45) is 0 Å². The minimum Gasteiger partial charge on any atom is -0.496 e. The smallest absolute Gasteiger partial charge is 0.220 e. The van der Waals surface area contributed by atoms with Gasteiger partial charge in [0.05, 0.1) is 13.7 Å². The molecule has 1 atom stereocenters. The molecule has 156 valence electrons. The van der Waals surface area contributed by atoms with Crippen molar-refractivity contribution >= 4 is 33.9 Å². The lowest BCUT2D eigenvalue weighted by molar-refractivity contribution is -0.122. The summed E-state index contributed by atoms with van der Waals surface area (Å²) in [6.45, 7) is 0.555. The van der Waals surface area contributed by atoms with Gasteiger partial charge in [-0.25, -0.2) is 0 Å². The summed E-state index contributed by atoms with van der Waals surface area (Å²) < 4.78 is 5.51. The van der Waals surface area contributed by atoms with Crippen molar-refractivity contribution < 1.29 is 14.3 Å². The van der Waals surface area contributed by atoms with Gasteiger partial charge in [-0.2, -0.15) is 0 Å². The van der Waals surface area contributed by atoms with Crippen LogP contribution in [-0.4, -0.2) is 24.5 Å². The molecule has 0 radical (unpaired) electrons. The molecule has 0 bridgehead atoms. The normalized spacial score (nSPS) is 18.4. The molecule has 1 aliphatic rings. The van der Waals surface area contributed by atoms with Gasteiger partial charge in [-0.05, 0) is 47.7 Å². The zero-order chi connectivity index (χ0) is 21.0. The monoisotopic (exact) mass is 422 g/mol. The number of benzene rings is 2. The van der Waals surface area contributed by atoms with E-state index in [9.17, 15) is 9.59 Å². The molecule has 0 spiro atoms. The Morgan fingerprint density at radius 2 is 2.00 bits per heavy atom. The van der Waals surface area contributed by atoms with Gasteiger partial charge in [0.1, 0.15) is 5.75 Å². The summed E-state index contributed by atoms with van der Waals surface area (Å²) in [5.41, 5.74) is 0.766. The number of thiophene rings is 1. The Balaban J connectivity index is 1.50. The lowest BCUT2D eigenvalue weighted by atomic mass is 9.83. The zero-order valence-corrected chi connectivity index (χ0v) is 17.9. The summed E-state index contributed by atoms with van der Waals surface area (Å²) in [5, 5.41) is 10.4. The first-order valence-corrected chi connectivity index (χ1v) is 11.1. The zero-order valence-electron chi connectivity index (χ0n) is 17.1. The fourth-order valence-corrected chi connectivity index (χ4v) is 4.90. The van der Waals surface area contributed by atoms with E-state index in [4.69, 9.17) is 4.74 Å². The van der Waals surface area contributed by atoms with Crippen LogP contribution < -0.4 is 15.4 Å². The molecule has 0 saturated carbocycles. The van der Waals surface area contributed by atoms with Gasteiger partial charge in [0.15, 0.2) is 0 Å². The molecule has 1 fully saturated rings. The lowest BCUT2D eigenvalue weighted by Crippen LogP contribution is -2.44. The Morgan fingerprint density at radius 3 is 2.70 bits per heavy atom. The first-order chi connectivity index (χ1) is 14.6. The first-order valence-electron chi connectivity index (χ1n) is 10.2. The van der Waals surface area contributed by atoms with Gasteiger partial charge in [-0.3, -0.25) is 9.59 Å². The second-order valence-corrected chi connectivity index (χ2v) is 8.87. The molecule has 1 aliphatic heterocycles. The third-order valence-corrected chi connectivity index (χ3v) is 6.71. The van der Waals surface area contributed by atoms with Crippen LogP contribution in [0.1, 0.15) is 36.1 Å². The largest absolute Gasteiger partial charge is 0.496 e. The molecule has 5 nitrogen and oxygen atoms in total. The predicted octanol–water partition coefficient (Wildman–Crippen LogP) is 4.20. The third kappa shape index (κ3) is 4.49. The van der Waals surface area contributed by atoms with Gasteiger partial charge in [-0.15, -0.1) is 11.3 Å². The predicted molar refractivity (Wildman–Crippen MR) is 120 cm³/mol. The summed E-state index contributed by atoms with van der Waals surface area (Å²) >= 11 is 1.63. The van der Waals surface area contributed by atoms with Crippen LogP contribution in [0.15, 0.2) is 53.9 Å². The number of hydrogen-bond acceptors (Lipinski definition) is 4. The Hall–Kier alpha value is -2.86. The summed E-state index contributed by atoms with van der Waals surface area (Å²) in [5.74, 6) is 0.919. The summed E-state index contributed by atoms with van der Waals surface area (Å²) in [6.07, 6.45) is 2.95. The van der Waals surface area contributed by atoms with Crippen LogP contribution in [0.2, 0.25) is 0 Å². The van der Waals surface area contributed by atoms with Crippen LogP contribution in [0.4, 0.5) is 0 Å². The second-order valence-electron chi connectivity index (χ2n) is 7.83. The van der Waals surface area contributed by atoms with Crippen LogP contribution >= 0.6 is 11.3 Å². The van der Waals surface area contributed by atoms with E-state index >= 15 is 0 Å². The maximum Gasteiger partial charge on any atom is 0.220 e. The van der Waals surface area contributed by atoms with E-state index in [1.165, 1.54) is 0 Å². The summed E-state index contributed by atoms with van der Waals surface area (Å²) in [6, 6.07) is 16.2. The van der Waals surface area contributed by atoms with Gasteiger partial charge < -0.3 is 15.4 Å². The van der Waals surface area contributed by atoms with Crippen molar-refractivity contribution in [1.82, 2.24) is 10.6 Å². The number of carbonyl (C=O) groups excluding carboxylic acids is 2. The highest BCUT2D eigenvalue weighted by Crippen LogP contribution is 2.34. The molecule has 0 aliphatic carbocycles. The topological polar surface area (TPSA) is 67.4 Å². The minimum atomic E-state index is -0.394. The van der Waals surface area contributed by atoms with E-state index in [2.05, 4.69) is 28.8 Å². The summed E-state index contributed by atoms with van der Waals surface area (Å²) in [4.78, 5) is 25.7. The number of carbonyl (C=O) groups is 2. The van der Waals surface area contributed by atoms with Gasteiger partial charge in [0.2, 0.25) is 11.8 Å². The number of hydrogen-bond donors (Lipinski definition) is 2. The number of methoxy groups -OCH3 is 1. The second kappa shape index (κ2) is 8.88. The van der Waals surface area contributed by atoms with Crippen LogP contribution in [0.5, 0.6) is 5.75 Å². The molecule has 1 aromatic heterocycles. The highest BCUT2D eigenvalue weighted by Gasteiger charge is 2.38. The lowest BCUT2D eigenvalue weighted by Gasteiger charge is -2.30. The fraction of sp³-hybridized carbons (Fsp3) is 0.333. The maximum absolute atomic E-state index is 12.4. The molecule has 3 aromatic rings. The van der Waals surface area contributed by atoms with E-state index in [1.54, 1.807) is 18.4 Å². The average Bonchev–Trinajstić information content (AvgIpc) is 3.41. The Labute approximate surface area is 180 Å². The molecular formula is C24H26N2O3S. The Morgan fingerprint density at radius 1 is 1.17 bits per heavy atom. The number of amides is 2. The molecule has 4 rings (SSSR count). The third-order valence-electron chi connectivity index (χ3n) is 5.83. The number of rotatable bonds is 8. The number of ether oxygens (including phenoxy) is 1. The SMILES string of the molecule is COc1ccc(C[C@@]2(CCC(=O)NCc3cccs3)CCC(=O)N2)c2ccccc12. The highest BCUT2D eigenvalue weighted by atomic mass is 32.1. The first kappa shape index (κ1) is 20.4. The maximum atomic E-state index is 12.4. The molecule has 30 heavy (non-hydrogen) atoms. The highest BCUT2D eigenvalue weighted by molar-refractivity contribution is 7.09. The van der Waals surface area contributed by atoms with Gasteiger partial charge in [0.25, 0.3) is 0 Å². The fourth-order valence-electron chi connectivity index (χ4n) is 4.25. The quantitative estimate of drug-likeness (QED) is 0.572. The van der Waals surface area contributed by atoms with Gasteiger partial charge in [-0.1, -0.05) is 36.4 Å². The van der Waals surface area contributed by atoms with E-state index < -0.39 is 5.54 Å². The number of nitrogens with one attached hydrogen (secondary N) is 2. The molecule has 0 unspecified atom stereocenters. The Kier molecular flexibility index (Phi) is 6.04. The van der Waals surface area contributed by atoms with E-state index in [-0.39, 0.29) is 11.8 Å². The van der Waals surface area contributed by atoms with Crippen molar-refractivity contribution in [2.75, 3.05) is 7.11 Å². The van der Waals surface area contributed by atoms with Crippen molar-refractivity contribution in [3.8, 4) is 5.75 Å². The van der Waals surface area contributed by atoms with Crippen LogP contribution in [0.3, 0.4) is 0 Å². The average molecular weight is 423 g/mol. The van der Waals surface area contributed by atoms with E-state index in [1.807, 2.05) is 35.7 Å². The van der Waals surface area contributed by atoms with E-state index in [0.717, 1.165) is 33.4 Å². The summed E-state index contributed by atoms with van der Waals surface area (Å²) in [7, 11) is 1.68.